The van der Waals surface area contributed by atoms with Crippen molar-refractivity contribution in [3.63, 3.8) is 0 Å². The summed E-state index contributed by atoms with van der Waals surface area (Å²) >= 11 is 0. The van der Waals surface area contributed by atoms with Gasteiger partial charge in [0.25, 0.3) is 0 Å². The van der Waals surface area contributed by atoms with E-state index in [1.165, 1.54) is 12.1 Å². The van der Waals surface area contributed by atoms with Crippen molar-refractivity contribution in [2.24, 2.45) is 5.41 Å². The van der Waals surface area contributed by atoms with E-state index in [0.29, 0.717) is 66.9 Å². The van der Waals surface area contributed by atoms with Crippen LogP contribution in [0, 0.1) is 24.0 Å². The second-order valence-corrected chi connectivity index (χ2v) is 9.89. The van der Waals surface area contributed by atoms with Crippen molar-refractivity contribution in [2.75, 3.05) is 38.6 Å². The van der Waals surface area contributed by atoms with E-state index in [0.717, 1.165) is 11.6 Å². The van der Waals surface area contributed by atoms with E-state index in [1.807, 2.05) is 6.92 Å². The highest BCUT2D eigenvalue weighted by atomic mass is 19.1. The molecule has 1 aliphatic rings. The molecule has 1 fully saturated rings. The number of aryl methyl sites for hydroxylation is 1. The number of aromatic nitrogens is 1. The van der Waals surface area contributed by atoms with E-state index in [2.05, 4.69) is 15.2 Å². The highest BCUT2D eigenvalue weighted by molar-refractivity contribution is 5.85. The fraction of sp³-hybridized carbons (Fsp3) is 0.429. The van der Waals surface area contributed by atoms with Crippen LogP contribution in [0.3, 0.4) is 0 Å². The van der Waals surface area contributed by atoms with Gasteiger partial charge in [0.05, 0.1) is 18.0 Å². The number of benzene rings is 2. The van der Waals surface area contributed by atoms with Gasteiger partial charge in [0, 0.05) is 36.4 Å². The molecule has 2 aromatic carbocycles. The molecule has 10 heteroatoms. The number of fused-ring (bicyclic) bond motifs is 1. The summed E-state index contributed by atoms with van der Waals surface area (Å²) in [5.41, 5.74) is 3.18. The number of rotatable bonds is 10. The number of amides is 1. The molecule has 204 valence electrons. The van der Waals surface area contributed by atoms with Crippen molar-refractivity contribution in [3.8, 4) is 5.75 Å². The fourth-order valence-corrected chi connectivity index (χ4v) is 5.31. The molecular formula is C28H33F3N4O3. The molecule has 1 aliphatic heterocycles. The summed E-state index contributed by atoms with van der Waals surface area (Å²) in [5, 5.41) is 13.1. The average Bonchev–Trinajstić information content (AvgIpc) is 2.91. The van der Waals surface area contributed by atoms with Crippen LogP contribution in [0.4, 0.5) is 18.9 Å². The van der Waals surface area contributed by atoms with Crippen molar-refractivity contribution in [3.05, 3.63) is 65.4 Å². The lowest BCUT2D eigenvalue weighted by atomic mass is 9.73. The molecule has 1 atom stereocenters. The number of piperidine rings is 1. The van der Waals surface area contributed by atoms with Gasteiger partial charge in [0.1, 0.15) is 23.6 Å². The van der Waals surface area contributed by atoms with Crippen LogP contribution in [-0.4, -0.2) is 54.3 Å². The quantitative estimate of drug-likeness (QED) is 0.243. The first-order valence-electron chi connectivity index (χ1n) is 12.7. The van der Waals surface area contributed by atoms with Gasteiger partial charge in [0.2, 0.25) is 5.91 Å². The number of pyridine rings is 1. The Morgan fingerprint density at radius 3 is 2.55 bits per heavy atom. The number of alkyl halides is 1. The Labute approximate surface area is 220 Å². The first kappa shape index (κ1) is 27.7. The number of hydrogen-bond donors (Lipinski definition) is 3. The monoisotopic (exact) mass is 530 g/mol. The molecule has 1 aromatic heterocycles. The van der Waals surface area contributed by atoms with Crippen LogP contribution in [-0.2, 0) is 4.79 Å². The Hall–Kier alpha value is -3.37. The van der Waals surface area contributed by atoms with E-state index >= 15 is 4.39 Å². The van der Waals surface area contributed by atoms with Crippen LogP contribution < -0.4 is 15.5 Å². The van der Waals surface area contributed by atoms with Gasteiger partial charge in [0.15, 0.2) is 0 Å². The summed E-state index contributed by atoms with van der Waals surface area (Å²) in [5.74, 6) is -1.19. The number of nitrogens with zero attached hydrogens (tertiary/aromatic N) is 2. The molecule has 38 heavy (non-hydrogen) atoms. The maximum atomic E-state index is 15.8. The second-order valence-electron chi connectivity index (χ2n) is 9.89. The molecular weight excluding hydrogens is 497 g/mol. The standard InChI is InChI=1S/C28H33F3N4O3/c1-18-17-33-25-4-3-22(38-2)16-23(25)26(18)24(31)5-6-28(27(36)34-37)7-10-35(11-8-28)12-9-32-21-14-19(29)13-20(30)15-21/h3-4,13-17,24,32,37H,5-12H2,1-2H3,(H,34,36)/t24-/m1/s1. The van der Waals surface area contributed by atoms with Crippen molar-refractivity contribution in [2.45, 2.75) is 38.8 Å². The molecule has 7 nitrogen and oxygen atoms in total. The lowest BCUT2D eigenvalue weighted by Crippen LogP contribution is -2.49. The summed E-state index contributed by atoms with van der Waals surface area (Å²) in [4.78, 5) is 19.3. The van der Waals surface area contributed by atoms with Crippen molar-refractivity contribution >= 4 is 22.5 Å². The van der Waals surface area contributed by atoms with E-state index in [9.17, 15) is 18.8 Å². The first-order chi connectivity index (χ1) is 18.2. The topological polar surface area (TPSA) is 86.7 Å². The number of nitrogens with one attached hydrogen (secondary N) is 2. The maximum absolute atomic E-state index is 15.8. The van der Waals surface area contributed by atoms with Crippen molar-refractivity contribution in [1.29, 1.82) is 0 Å². The summed E-state index contributed by atoms with van der Waals surface area (Å²) in [7, 11) is 1.55. The molecule has 1 amide bonds. The van der Waals surface area contributed by atoms with Gasteiger partial charge in [-0.1, -0.05) is 0 Å². The Bertz CT molecular complexity index is 1260. The lowest BCUT2D eigenvalue weighted by Gasteiger charge is -2.40. The third-order valence-corrected chi connectivity index (χ3v) is 7.52. The normalized spacial score (nSPS) is 16.3. The minimum Gasteiger partial charge on any atom is -0.497 e. The number of carbonyl (C=O) groups excluding carboxylic acids is 1. The van der Waals surface area contributed by atoms with Gasteiger partial charge in [-0.05, 0) is 87.2 Å². The van der Waals surface area contributed by atoms with Crippen LogP contribution in [0.1, 0.15) is 43.0 Å². The van der Waals surface area contributed by atoms with Gasteiger partial charge in [-0.2, -0.15) is 0 Å². The molecule has 3 N–H and O–H groups in total. The number of methoxy groups -OCH3 is 1. The predicted molar refractivity (Wildman–Crippen MR) is 139 cm³/mol. The summed E-state index contributed by atoms with van der Waals surface area (Å²) in [6, 6.07) is 8.62. The first-order valence-corrected chi connectivity index (χ1v) is 12.7. The molecule has 0 spiro atoms. The fourth-order valence-electron chi connectivity index (χ4n) is 5.31. The summed E-state index contributed by atoms with van der Waals surface area (Å²) in [6.45, 7) is 4.02. The molecule has 3 aromatic rings. The van der Waals surface area contributed by atoms with Gasteiger partial charge >= 0.3 is 0 Å². The third-order valence-electron chi connectivity index (χ3n) is 7.52. The maximum Gasteiger partial charge on any atom is 0.249 e. The van der Waals surface area contributed by atoms with Crippen LogP contribution in [0.15, 0.2) is 42.6 Å². The average molecular weight is 531 g/mol. The van der Waals surface area contributed by atoms with Gasteiger partial charge in [-0.3, -0.25) is 15.0 Å². The molecule has 0 radical (unpaired) electrons. The zero-order valence-electron chi connectivity index (χ0n) is 21.6. The Morgan fingerprint density at radius 1 is 1.18 bits per heavy atom. The van der Waals surface area contributed by atoms with Gasteiger partial charge in [-0.25, -0.2) is 18.7 Å². The number of likely N-dealkylation sites (tertiary alicyclic amines) is 1. The number of ether oxygens (including phenoxy) is 1. The Balaban J connectivity index is 1.39. The molecule has 0 unspecified atom stereocenters. The number of anilines is 1. The number of hydroxylamine groups is 1. The minimum atomic E-state index is -1.33. The molecule has 0 bridgehead atoms. The zero-order valence-corrected chi connectivity index (χ0v) is 21.6. The summed E-state index contributed by atoms with van der Waals surface area (Å²) in [6.07, 6.45) is 1.59. The Kier molecular flexibility index (Phi) is 8.73. The van der Waals surface area contributed by atoms with Crippen molar-refractivity contribution < 1.29 is 27.9 Å². The van der Waals surface area contributed by atoms with Crippen LogP contribution in [0.5, 0.6) is 5.75 Å². The van der Waals surface area contributed by atoms with Crippen LogP contribution in [0.25, 0.3) is 10.9 Å². The van der Waals surface area contributed by atoms with Crippen molar-refractivity contribution in [1.82, 2.24) is 15.4 Å². The molecule has 0 aliphatic carbocycles. The molecule has 0 saturated carbocycles. The molecule has 1 saturated heterocycles. The van der Waals surface area contributed by atoms with E-state index in [-0.39, 0.29) is 12.8 Å². The van der Waals surface area contributed by atoms with E-state index in [4.69, 9.17) is 4.74 Å². The Morgan fingerprint density at radius 2 is 1.89 bits per heavy atom. The highest BCUT2D eigenvalue weighted by Crippen LogP contribution is 2.41. The van der Waals surface area contributed by atoms with Crippen LogP contribution in [0.2, 0.25) is 0 Å². The van der Waals surface area contributed by atoms with Crippen LogP contribution >= 0.6 is 0 Å². The summed E-state index contributed by atoms with van der Waals surface area (Å²) < 4.78 is 47.9. The highest BCUT2D eigenvalue weighted by Gasteiger charge is 2.41. The smallest absolute Gasteiger partial charge is 0.249 e. The number of halogens is 3. The van der Waals surface area contributed by atoms with Gasteiger partial charge < -0.3 is 15.0 Å². The lowest BCUT2D eigenvalue weighted by molar-refractivity contribution is -0.143. The van der Waals surface area contributed by atoms with E-state index < -0.39 is 29.1 Å². The molecule has 2 heterocycles. The largest absolute Gasteiger partial charge is 0.497 e. The second kappa shape index (κ2) is 12.0. The number of carbonyl (C=O) groups is 1. The van der Waals surface area contributed by atoms with E-state index in [1.54, 1.807) is 37.0 Å². The minimum absolute atomic E-state index is 0.108. The van der Waals surface area contributed by atoms with Gasteiger partial charge in [-0.15, -0.1) is 0 Å². The zero-order chi connectivity index (χ0) is 27.3. The molecule has 4 rings (SSSR count). The predicted octanol–water partition coefficient (Wildman–Crippen LogP) is 5.32. The SMILES string of the molecule is COc1ccc2ncc(C)c([C@H](F)CCC3(C(=O)NO)CCN(CCNc4cc(F)cc(F)c4)CC3)c2c1. The third kappa shape index (κ3) is 6.19. The number of hydrogen-bond acceptors (Lipinski definition) is 6.